The number of likely N-dealkylation sites (N-methyl/N-ethyl adjacent to an activating group) is 1. The summed E-state index contributed by atoms with van der Waals surface area (Å²) < 4.78 is 25.9. The summed E-state index contributed by atoms with van der Waals surface area (Å²) in [5.41, 5.74) is 4.59. The van der Waals surface area contributed by atoms with Crippen LogP contribution in [-0.4, -0.2) is 44.3 Å². The van der Waals surface area contributed by atoms with E-state index in [1.165, 1.54) is 32.3 Å². The predicted octanol–water partition coefficient (Wildman–Crippen LogP) is 1.72. The zero-order valence-electron chi connectivity index (χ0n) is 15.8. The Morgan fingerprint density at radius 2 is 1.68 bits per heavy atom. The highest BCUT2D eigenvalue weighted by Gasteiger charge is 2.22. The monoisotopic (exact) mass is 402 g/mol. The van der Waals surface area contributed by atoms with Gasteiger partial charge in [-0.1, -0.05) is 29.8 Å². The smallest absolute Gasteiger partial charge is 0.255 e. The van der Waals surface area contributed by atoms with E-state index in [1.54, 1.807) is 36.4 Å². The molecular weight excluding hydrogens is 380 g/mol. The number of rotatable bonds is 7. The molecule has 0 unspecified atom stereocenters. The summed E-state index contributed by atoms with van der Waals surface area (Å²) in [7, 11) is -2.42. The SMILES string of the molecule is CC(=O)Nc1ccc(/C=N\NC(=O)CN(C)S(=O)(=O)c2ccc(C)cc2)cc1. The van der Waals surface area contributed by atoms with Crippen LogP contribution in [0.3, 0.4) is 0 Å². The van der Waals surface area contributed by atoms with Gasteiger partial charge in [-0.05, 0) is 36.8 Å². The van der Waals surface area contributed by atoms with Crippen molar-refractivity contribution in [3.8, 4) is 0 Å². The molecule has 0 aromatic heterocycles. The van der Waals surface area contributed by atoms with E-state index in [2.05, 4.69) is 15.8 Å². The summed E-state index contributed by atoms with van der Waals surface area (Å²) in [6.45, 7) is 2.91. The van der Waals surface area contributed by atoms with Crippen LogP contribution in [0.2, 0.25) is 0 Å². The highest BCUT2D eigenvalue weighted by molar-refractivity contribution is 7.89. The van der Waals surface area contributed by atoms with E-state index < -0.39 is 15.9 Å². The molecule has 28 heavy (non-hydrogen) atoms. The van der Waals surface area contributed by atoms with Crippen LogP contribution in [0.1, 0.15) is 18.1 Å². The van der Waals surface area contributed by atoms with Crippen molar-refractivity contribution in [1.82, 2.24) is 9.73 Å². The Hall–Kier alpha value is -3.04. The van der Waals surface area contributed by atoms with Gasteiger partial charge in [0.1, 0.15) is 0 Å². The third kappa shape index (κ3) is 6.00. The second-order valence-electron chi connectivity index (χ2n) is 6.17. The number of carbonyl (C=O) groups excluding carboxylic acids is 2. The lowest BCUT2D eigenvalue weighted by molar-refractivity contribution is -0.121. The van der Waals surface area contributed by atoms with E-state index >= 15 is 0 Å². The second-order valence-corrected chi connectivity index (χ2v) is 8.22. The Bertz CT molecular complexity index is 968. The molecular formula is C19H22N4O4S. The van der Waals surface area contributed by atoms with Crippen LogP contribution in [0.5, 0.6) is 0 Å². The minimum absolute atomic E-state index is 0.121. The molecule has 9 heteroatoms. The quantitative estimate of drug-likeness (QED) is 0.543. The van der Waals surface area contributed by atoms with Crippen LogP contribution in [0.15, 0.2) is 58.5 Å². The molecule has 2 N–H and O–H groups in total. The standard InChI is InChI=1S/C19H22N4O4S/c1-14-4-10-18(11-5-14)28(26,27)23(3)13-19(25)22-20-12-16-6-8-17(9-7-16)21-15(2)24/h4-12H,13H2,1-3H3,(H,21,24)(H,22,25)/b20-12-. The van der Waals surface area contributed by atoms with E-state index in [0.29, 0.717) is 11.3 Å². The predicted molar refractivity (Wildman–Crippen MR) is 107 cm³/mol. The first-order valence-corrected chi connectivity index (χ1v) is 9.85. The molecule has 0 saturated carbocycles. The minimum Gasteiger partial charge on any atom is -0.326 e. The molecule has 8 nitrogen and oxygen atoms in total. The normalized spacial score (nSPS) is 11.6. The number of carbonyl (C=O) groups is 2. The molecule has 2 aromatic carbocycles. The number of anilines is 1. The van der Waals surface area contributed by atoms with Crippen LogP contribution in [0.4, 0.5) is 5.69 Å². The van der Waals surface area contributed by atoms with Crippen LogP contribution < -0.4 is 10.7 Å². The molecule has 0 fully saturated rings. The van der Waals surface area contributed by atoms with E-state index in [9.17, 15) is 18.0 Å². The van der Waals surface area contributed by atoms with Crippen molar-refractivity contribution in [2.75, 3.05) is 18.9 Å². The molecule has 0 atom stereocenters. The average Bonchev–Trinajstić information content (AvgIpc) is 2.63. The maximum atomic E-state index is 12.5. The van der Waals surface area contributed by atoms with Crippen LogP contribution in [-0.2, 0) is 19.6 Å². The Labute approximate surface area is 164 Å². The lowest BCUT2D eigenvalue weighted by Crippen LogP contribution is -2.36. The first-order chi connectivity index (χ1) is 13.2. The summed E-state index contributed by atoms with van der Waals surface area (Å²) in [5, 5.41) is 6.46. The number of benzene rings is 2. The fourth-order valence-corrected chi connectivity index (χ4v) is 3.37. The van der Waals surface area contributed by atoms with Gasteiger partial charge < -0.3 is 5.32 Å². The number of hydrogen-bond acceptors (Lipinski definition) is 5. The van der Waals surface area contributed by atoms with Gasteiger partial charge in [0.2, 0.25) is 15.9 Å². The van der Waals surface area contributed by atoms with Crippen LogP contribution in [0, 0.1) is 6.92 Å². The van der Waals surface area contributed by atoms with Gasteiger partial charge in [0.15, 0.2) is 0 Å². The number of nitrogens with zero attached hydrogens (tertiary/aromatic N) is 2. The van der Waals surface area contributed by atoms with E-state index in [0.717, 1.165) is 9.87 Å². The van der Waals surface area contributed by atoms with Gasteiger partial charge in [0.25, 0.3) is 5.91 Å². The molecule has 2 amide bonds. The third-order valence-corrected chi connectivity index (χ3v) is 5.55. The zero-order valence-corrected chi connectivity index (χ0v) is 16.7. The van der Waals surface area contributed by atoms with Crippen molar-refractivity contribution in [3.05, 3.63) is 59.7 Å². The Kier molecular flexibility index (Phi) is 7.02. The molecule has 0 aliphatic rings. The lowest BCUT2D eigenvalue weighted by atomic mass is 10.2. The van der Waals surface area contributed by atoms with E-state index in [1.807, 2.05) is 6.92 Å². The number of hydrazone groups is 1. The second kappa shape index (κ2) is 9.25. The summed E-state index contributed by atoms with van der Waals surface area (Å²) in [5.74, 6) is -0.734. The average molecular weight is 402 g/mol. The summed E-state index contributed by atoms with van der Waals surface area (Å²) in [4.78, 5) is 23.1. The molecule has 0 spiro atoms. The van der Waals surface area contributed by atoms with Gasteiger partial charge in [0.05, 0.1) is 17.7 Å². The summed E-state index contributed by atoms with van der Waals surface area (Å²) in [6, 6.07) is 13.2. The lowest BCUT2D eigenvalue weighted by Gasteiger charge is -2.16. The zero-order chi connectivity index (χ0) is 20.7. The number of aryl methyl sites for hydroxylation is 1. The molecule has 0 aliphatic heterocycles. The van der Waals surface area contributed by atoms with Crippen molar-refractivity contribution >= 4 is 33.7 Å². The van der Waals surface area contributed by atoms with Crippen LogP contribution in [0.25, 0.3) is 0 Å². The molecule has 0 bridgehead atoms. The van der Waals surface area contributed by atoms with Gasteiger partial charge in [-0.2, -0.15) is 9.41 Å². The van der Waals surface area contributed by atoms with Crippen LogP contribution >= 0.6 is 0 Å². The highest BCUT2D eigenvalue weighted by Crippen LogP contribution is 2.14. The fraction of sp³-hybridized carbons (Fsp3) is 0.211. The Balaban J connectivity index is 1.91. The maximum absolute atomic E-state index is 12.5. The summed E-state index contributed by atoms with van der Waals surface area (Å²) >= 11 is 0. The van der Waals surface area contributed by atoms with Crippen molar-refractivity contribution in [2.24, 2.45) is 5.10 Å². The molecule has 0 aliphatic carbocycles. The van der Waals surface area contributed by atoms with E-state index in [-0.39, 0.29) is 17.3 Å². The molecule has 0 heterocycles. The van der Waals surface area contributed by atoms with Crippen molar-refractivity contribution < 1.29 is 18.0 Å². The molecule has 2 aromatic rings. The van der Waals surface area contributed by atoms with Gasteiger partial charge in [0, 0.05) is 19.7 Å². The number of sulfonamides is 1. The maximum Gasteiger partial charge on any atom is 0.255 e. The molecule has 0 radical (unpaired) electrons. The van der Waals surface area contributed by atoms with Gasteiger partial charge in [-0.3, -0.25) is 9.59 Å². The van der Waals surface area contributed by atoms with Crippen molar-refractivity contribution in [1.29, 1.82) is 0 Å². The van der Waals surface area contributed by atoms with Gasteiger partial charge in [-0.15, -0.1) is 0 Å². The first-order valence-electron chi connectivity index (χ1n) is 8.41. The van der Waals surface area contributed by atoms with Crippen molar-refractivity contribution in [2.45, 2.75) is 18.7 Å². The topological polar surface area (TPSA) is 108 Å². The first kappa shape index (κ1) is 21.3. The van der Waals surface area contributed by atoms with Gasteiger partial charge >= 0.3 is 0 Å². The Morgan fingerprint density at radius 3 is 2.25 bits per heavy atom. The fourth-order valence-electron chi connectivity index (χ4n) is 2.25. The largest absolute Gasteiger partial charge is 0.326 e. The highest BCUT2D eigenvalue weighted by atomic mass is 32.2. The number of hydrogen-bond donors (Lipinski definition) is 2. The molecule has 2 rings (SSSR count). The van der Waals surface area contributed by atoms with Gasteiger partial charge in [-0.25, -0.2) is 13.8 Å². The summed E-state index contributed by atoms with van der Waals surface area (Å²) in [6.07, 6.45) is 1.42. The number of nitrogens with one attached hydrogen (secondary N) is 2. The van der Waals surface area contributed by atoms with Crippen molar-refractivity contribution in [3.63, 3.8) is 0 Å². The number of amides is 2. The third-order valence-electron chi connectivity index (χ3n) is 3.73. The molecule has 0 saturated heterocycles. The van der Waals surface area contributed by atoms with E-state index in [4.69, 9.17) is 0 Å². The minimum atomic E-state index is -3.76. The Morgan fingerprint density at radius 1 is 1.07 bits per heavy atom. The molecule has 148 valence electrons.